The first-order chi connectivity index (χ1) is 16.0. The van der Waals surface area contributed by atoms with E-state index in [1.54, 1.807) is 12.3 Å². The number of fused-ring (bicyclic) bond motifs is 1. The van der Waals surface area contributed by atoms with Crippen molar-refractivity contribution in [2.75, 3.05) is 26.8 Å². The Balaban J connectivity index is 1.22. The highest BCUT2D eigenvalue weighted by molar-refractivity contribution is 5.99. The van der Waals surface area contributed by atoms with Gasteiger partial charge < -0.3 is 24.8 Å². The summed E-state index contributed by atoms with van der Waals surface area (Å²) in [7, 11) is 1.89. The van der Waals surface area contributed by atoms with Crippen LogP contribution in [0.4, 0.5) is 4.39 Å². The fraction of sp³-hybridized carbons (Fsp3) is 0.423. The fourth-order valence-electron chi connectivity index (χ4n) is 4.40. The molecule has 0 unspecified atom stereocenters. The van der Waals surface area contributed by atoms with Crippen molar-refractivity contribution < 1.29 is 23.8 Å². The second kappa shape index (κ2) is 10.7. The van der Waals surface area contributed by atoms with Crippen LogP contribution in [0.15, 0.2) is 48.7 Å². The van der Waals surface area contributed by atoms with Crippen molar-refractivity contribution in [2.24, 2.45) is 11.8 Å². The van der Waals surface area contributed by atoms with Gasteiger partial charge in [-0.2, -0.15) is 0 Å². The van der Waals surface area contributed by atoms with Crippen LogP contribution in [0, 0.1) is 17.7 Å². The third-order valence-electron chi connectivity index (χ3n) is 6.36. The summed E-state index contributed by atoms with van der Waals surface area (Å²) in [6.45, 7) is 2.42. The van der Waals surface area contributed by atoms with Gasteiger partial charge in [0.1, 0.15) is 18.1 Å². The van der Waals surface area contributed by atoms with E-state index in [4.69, 9.17) is 9.47 Å². The van der Waals surface area contributed by atoms with Crippen molar-refractivity contribution in [3.05, 3.63) is 65.6 Å². The van der Waals surface area contributed by atoms with Gasteiger partial charge in [-0.25, -0.2) is 4.39 Å². The quantitative estimate of drug-likeness (QED) is 0.547. The molecule has 0 radical (unpaired) electrons. The van der Waals surface area contributed by atoms with Gasteiger partial charge >= 0.3 is 0 Å². The van der Waals surface area contributed by atoms with Crippen molar-refractivity contribution in [1.82, 2.24) is 10.2 Å². The number of phenols is 1. The molecule has 2 aromatic carbocycles. The molecule has 1 aliphatic heterocycles. The maximum Gasteiger partial charge on any atom is 0.261 e. The molecule has 6 nitrogen and oxygen atoms in total. The number of hydrogen-bond donors (Lipinski definition) is 2. The van der Waals surface area contributed by atoms with E-state index < -0.39 is 17.5 Å². The lowest BCUT2D eigenvalue weighted by Gasteiger charge is -2.27. The van der Waals surface area contributed by atoms with E-state index in [9.17, 15) is 14.3 Å². The molecule has 0 saturated heterocycles. The average molecular weight is 455 g/mol. The third-order valence-corrected chi connectivity index (χ3v) is 6.36. The fourth-order valence-corrected chi connectivity index (χ4v) is 4.40. The maximum absolute atomic E-state index is 14.1. The Bertz CT molecular complexity index is 1000. The van der Waals surface area contributed by atoms with E-state index in [-0.39, 0.29) is 5.56 Å². The van der Waals surface area contributed by atoms with Crippen LogP contribution < -0.4 is 14.8 Å². The van der Waals surface area contributed by atoms with Gasteiger partial charge in [-0.15, -0.1) is 0 Å². The van der Waals surface area contributed by atoms with Crippen LogP contribution in [0.3, 0.4) is 0 Å². The Morgan fingerprint density at radius 2 is 1.91 bits per heavy atom. The Hall–Kier alpha value is -3.06. The van der Waals surface area contributed by atoms with E-state index in [2.05, 4.69) is 11.4 Å². The minimum atomic E-state index is -0.830. The Kier molecular flexibility index (Phi) is 7.50. The summed E-state index contributed by atoms with van der Waals surface area (Å²) in [5.41, 5.74) is 0.592. The van der Waals surface area contributed by atoms with E-state index in [1.165, 1.54) is 11.0 Å². The molecule has 1 saturated carbocycles. The van der Waals surface area contributed by atoms with Crippen LogP contribution >= 0.6 is 0 Å². The Labute approximate surface area is 194 Å². The average Bonchev–Trinajstić information content (AvgIpc) is 3.16. The summed E-state index contributed by atoms with van der Waals surface area (Å²) >= 11 is 0. The number of carbonyl (C=O) groups is 1. The number of allylic oxidation sites excluding steroid dienone is 1. The molecule has 1 fully saturated rings. The topological polar surface area (TPSA) is 71.0 Å². The number of hydrogen-bond acceptors (Lipinski definition) is 5. The molecular formula is C26H31FN2O4. The van der Waals surface area contributed by atoms with Crippen molar-refractivity contribution in [2.45, 2.75) is 32.2 Å². The zero-order chi connectivity index (χ0) is 23.2. The largest absolute Gasteiger partial charge is 0.505 e. The molecule has 2 aromatic rings. The number of likely N-dealkylation sites (N-methyl/N-ethyl adjacent to an activating group) is 1. The first-order valence-electron chi connectivity index (χ1n) is 11.5. The van der Waals surface area contributed by atoms with Gasteiger partial charge in [0.2, 0.25) is 0 Å². The van der Waals surface area contributed by atoms with Gasteiger partial charge in [-0.3, -0.25) is 4.79 Å². The predicted octanol–water partition coefficient (Wildman–Crippen LogP) is 4.48. The van der Waals surface area contributed by atoms with Crippen LogP contribution in [-0.4, -0.2) is 42.7 Å². The maximum atomic E-state index is 14.1. The van der Waals surface area contributed by atoms with Crippen molar-refractivity contribution >= 4 is 5.91 Å². The van der Waals surface area contributed by atoms with Crippen LogP contribution in [0.2, 0.25) is 0 Å². The Morgan fingerprint density at radius 1 is 1.15 bits per heavy atom. The number of aromatic hydroxyl groups is 1. The molecule has 7 heteroatoms. The molecule has 0 spiro atoms. The van der Waals surface area contributed by atoms with E-state index in [1.807, 2.05) is 31.3 Å². The third kappa shape index (κ3) is 5.66. The van der Waals surface area contributed by atoms with Crippen molar-refractivity contribution in [3.63, 3.8) is 0 Å². The zero-order valence-electron chi connectivity index (χ0n) is 18.9. The van der Waals surface area contributed by atoms with Crippen LogP contribution in [0.25, 0.3) is 0 Å². The normalized spacial score (nSPS) is 20.3. The van der Waals surface area contributed by atoms with Gasteiger partial charge in [0.05, 0.1) is 18.7 Å². The van der Waals surface area contributed by atoms with Crippen LogP contribution in [0.5, 0.6) is 17.2 Å². The number of carbonyl (C=O) groups excluding carboxylic acids is 1. The molecule has 1 aliphatic carbocycles. The summed E-state index contributed by atoms with van der Waals surface area (Å²) in [5, 5.41) is 12.6. The van der Waals surface area contributed by atoms with E-state index in [0.717, 1.165) is 43.7 Å². The zero-order valence-corrected chi connectivity index (χ0v) is 18.9. The SMILES string of the molecule is CNCCOc1cccc(OCC2CCC(/C=C/N3Cc4ccc(O)c(F)c4C3=O)CC2)c1. The highest BCUT2D eigenvalue weighted by Gasteiger charge is 2.31. The predicted molar refractivity (Wildman–Crippen MR) is 124 cm³/mol. The second-order valence-corrected chi connectivity index (χ2v) is 8.73. The van der Waals surface area contributed by atoms with Crippen LogP contribution in [-0.2, 0) is 6.54 Å². The number of amides is 1. The van der Waals surface area contributed by atoms with Gasteiger partial charge in [-0.1, -0.05) is 18.2 Å². The number of halogens is 1. The summed E-state index contributed by atoms with van der Waals surface area (Å²) in [4.78, 5) is 14.0. The first-order valence-corrected chi connectivity index (χ1v) is 11.5. The molecule has 33 heavy (non-hydrogen) atoms. The first kappa shape index (κ1) is 23.1. The molecule has 0 aromatic heterocycles. The summed E-state index contributed by atoms with van der Waals surface area (Å²) < 4.78 is 25.8. The van der Waals surface area contributed by atoms with Gasteiger partial charge in [0, 0.05) is 18.8 Å². The molecule has 4 rings (SSSR count). The van der Waals surface area contributed by atoms with E-state index >= 15 is 0 Å². The Morgan fingerprint density at radius 3 is 2.67 bits per heavy atom. The van der Waals surface area contributed by atoms with Gasteiger partial charge in [0.15, 0.2) is 11.6 Å². The molecule has 2 aliphatic rings. The molecule has 1 heterocycles. The minimum absolute atomic E-state index is 0.0167. The van der Waals surface area contributed by atoms with Gasteiger partial charge in [0.25, 0.3) is 5.91 Å². The number of phenolic OH excluding ortho intramolecular Hbond substituents is 1. The smallest absolute Gasteiger partial charge is 0.261 e. The van der Waals surface area contributed by atoms with Crippen molar-refractivity contribution in [1.29, 1.82) is 0 Å². The number of benzene rings is 2. The lowest BCUT2D eigenvalue weighted by molar-refractivity contribution is 0.0837. The van der Waals surface area contributed by atoms with Crippen molar-refractivity contribution in [3.8, 4) is 17.2 Å². The summed E-state index contributed by atoms with van der Waals surface area (Å²) in [5.74, 6) is 0.812. The molecular weight excluding hydrogens is 423 g/mol. The van der Waals surface area contributed by atoms with E-state index in [0.29, 0.717) is 37.2 Å². The minimum Gasteiger partial charge on any atom is -0.505 e. The second-order valence-electron chi connectivity index (χ2n) is 8.73. The molecule has 1 amide bonds. The highest BCUT2D eigenvalue weighted by atomic mass is 19.1. The molecule has 176 valence electrons. The lowest BCUT2D eigenvalue weighted by Crippen LogP contribution is -2.21. The van der Waals surface area contributed by atoms with Gasteiger partial charge in [-0.05, 0) is 68.3 Å². The monoisotopic (exact) mass is 454 g/mol. The molecule has 0 atom stereocenters. The lowest BCUT2D eigenvalue weighted by atomic mass is 9.82. The standard InChI is InChI=1S/C26H31FN2O4/c1-28-12-14-32-21-3-2-4-22(15-21)33-17-19-7-5-18(6-8-19)11-13-29-16-20-9-10-23(30)25(27)24(20)26(29)31/h2-4,9-11,13,15,18-19,28,30H,5-8,12,14,16-17H2,1H3/b13-11+. The number of nitrogens with zero attached hydrogens (tertiary/aromatic N) is 1. The molecule has 0 bridgehead atoms. The summed E-state index contributed by atoms with van der Waals surface area (Å²) in [6.07, 6.45) is 8.02. The number of ether oxygens (including phenoxy) is 2. The summed E-state index contributed by atoms with van der Waals surface area (Å²) in [6, 6.07) is 10.7. The highest BCUT2D eigenvalue weighted by Crippen LogP contribution is 2.33. The number of nitrogens with one attached hydrogen (secondary N) is 1. The number of rotatable bonds is 9. The molecule has 2 N–H and O–H groups in total. The van der Waals surface area contributed by atoms with Crippen LogP contribution in [0.1, 0.15) is 41.6 Å².